The highest BCUT2D eigenvalue weighted by molar-refractivity contribution is 6.37. The Labute approximate surface area is 168 Å². The molecule has 0 spiro atoms. The van der Waals surface area contributed by atoms with Gasteiger partial charge < -0.3 is 25.6 Å². The molecule has 6 nitrogen and oxygen atoms in total. The van der Waals surface area contributed by atoms with Gasteiger partial charge in [-0.3, -0.25) is 4.79 Å². The number of carbonyl (C=O) groups excluding carboxylic acids is 1. The van der Waals surface area contributed by atoms with Crippen molar-refractivity contribution in [2.24, 2.45) is 0 Å². The number of methoxy groups -OCH3 is 1. The van der Waals surface area contributed by atoms with Crippen molar-refractivity contribution in [3.63, 3.8) is 0 Å². The number of likely N-dealkylation sites (N-methyl/N-ethyl adjacent to an activating group) is 1. The minimum atomic E-state index is -0.326. The van der Waals surface area contributed by atoms with Crippen molar-refractivity contribution >= 4 is 46.2 Å². The van der Waals surface area contributed by atoms with Gasteiger partial charge in [-0.25, -0.2) is 0 Å². The zero-order chi connectivity index (χ0) is 19.6. The number of amides is 1. The molecule has 1 aliphatic rings. The molecule has 0 bridgehead atoms. The largest absolute Gasteiger partial charge is 0.494 e. The lowest BCUT2D eigenvalue weighted by atomic mass is 10.1. The number of nitrogens with one attached hydrogen (secondary N) is 1. The third-order valence-corrected chi connectivity index (χ3v) is 5.16. The Hall–Kier alpha value is -2.15. The molecule has 3 rings (SSSR count). The molecule has 1 fully saturated rings. The third-order valence-electron chi connectivity index (χ3n) is 4.59. The van der Waals surface area contributed by atoms with Crippen LogP contribution in [0.2, 0.25) is 10.0 Å². The molecule has 3 N–H and O–H groups in total. The van der Waals surface area contributed by atoms with Gasteiger partial charge in [0.1, 0.15) is 0 Å². The molecule has 2 aromatic rings. The molecule has 1 heterocycles. The zero-order valence-corrected chi connectivity index (χ0v) is 16.8. The molecule has 1 aliphatic heterocycles. The third kappa shape index (κ3) is 4.40. The van der Waals surface area contributed by atoms with Gasteiger partial charge in [0.2, 0.25) is 0 Å². The van der Waals surface area contributed by atoms with E-state index in [0.29, 0.717) is 22.7 Å². The van der Waals surface area contributed by atoms with Crippen LogP contribution < -0.4 is 20.7 Å². The van der Waals surface area contributed by atoms with Crippen LogP contribution in [0.3, 0.4) is 0 Å². The average Bonchev–Trinajstić information content (AvgIpc) is 2.62. The van der Waals surface area contributed by atoms with Gasteiger partial charge in [-0.1, -0.05) is 23.2 Å². The predicted octanol–water partition coefficient (Wildman–Crippen LogP) is 3.59. The topological polar surface area (TPSA) is 70.8 Å². The molecule has 0 atom stereocenters. The lowest BCUT2D eigenvalue weighted by molar-refractivity contribution is 0.102. The van der Waals surface area contributed by atoms with Crippen molar-refractivity contribution in [3.8, 4) is 5.75 Å². The number of benzene rings is 2. The smallest absolute Gasteiger partial charge is 0.255 e. The number of hydrogen-bond donors (Lipinski definition) is 2. The fraction of sp³-hybridized carbons (Fsp3) is 0.316. The molecule has 1 amide bonds. The number of halogens is 2. The zero-order valence-electron chi connectivity index (χ0n) is 15.3. The van der Waals surface area contributed by atoms with Gasteiger partial charge in [0, 0.05) is 37.4 Å². The molecule has 0 radical (unpaired) electrons. The summed E-state index contributed by atoms with van der Waals surface area (Å²) in [6.45, 7) is 3.85. The van der Waals surface area contributed by atoms with Crippen molar-refractivity contribution < 1.29 is 9.53 Å². The molecule has 1 saturated heterocycles. The molecule has 0 saturated carbocycles. The van der Waals surface area contributed by atoms with Crippen LogP contribution in [0.4, 0.5) is 17.1 Å². The number of carbonyl (C=O) groups is 1. The highest BCUT2D eigenvalue weighted by Gasteiger charge is 2.17. The minimum absolute atomic E-state index is 0.278. The highest BCUT2D eigenvalue weighted by atomic mass is 35.5. The molecular weight excluding hydrogens is 387 g/mol. The van der Waals surface area contributed by atoms with E-state index >= 15 is 0 Å². The number of anilines is 3. The van der Waals surface area contributed by atoms with Crippen LogP contribution in [0.1, 0.15) is 10.4 Å². The number of nitrogens with two attached hydrogens (primary N) is 1. The lowest BCUT2D eigenvalue weighted by Gasteiger charge is -2.34. The summed E-state index contributed by atoms with van der Waals surface area (Å²) < 4.78 is 5.10. The first-order valence-corrected chi connectivity index (χ1v) is 9.32. The van der Waals surface area contributed by atoms with E-state index < -0.39 is 0 Å². The van der Waals surface area contributed by atoms with Crippen molar-refractivity contribution in [3.05, 3.63) is 45.9 Å². The van der Waals surface area contributed by atoms with Crippen molar-refractivity contribution in [1.29, 1.82) is 0 Å². The van der Waals surface area contributed by atoms with E-state index in [1.807, 2.05) is 12.1 Å². The predicted molar refractivity (Wildman–Crippen MR) is 112 cm³/mol. The second-order valence-corrected chi connectivity index (χ2v) is 7.31. The summed E-state index contributed by atoms with van der Waals surface area (Å²) in [7, 11) is 3.58. The second-order valence-electron chi connectivity index (χ2n) is 6.49. The SMILES string of the molecule is COc1c(Cl)cc(C(=O)Nc2ccc(N3CCN(C)CC3)c(N)c2)cc1Cl. The molecular formula is C19H22Cl2N4O2. The van der Waals surface area contributed by atoms with Gasteiger partial charge in [-0.2, -0.15) is 0 Å². The van der Waals surface area contributed by atoms with Crippen LogP contribution in [-0.4, -0.2) is 51.1 Å². The van der Waals surface area contributed by atoms with Crippen LogP contribution in [0.15, 0.2) is 30.3 Å². The normalized spacial score (nSPS) is 14.9. The summed E-state index contributed by atoms with van der Waals surface area (Å²) >= 11 is 12.2. The molecule has 0 unspecified atom stereocenters. The first-order valence-electron chi connectivity index (χ1n) is 8.56. The summed E-state index contributed by atoms with van der Waals surface area (Å²) in [5, 5.41) is 3.38. The maximum absolute atomic E-state index is 12.5. The highest BCUT2D eigenvalue weighted by Crippen LogP contribution is 2.34. The second kappa shape index (κ2) is 8.25. The Kier molecular flexibility index (Phi) is 5.99. The Morgan fingerprint density at radius 1 is 1.11 bits per heavy atom. The first kappa shape index (κ1) is 19.6. The standard InChI is InChI=1S/C19H22Cl2N4O2/c1-24-5-7-25(8-6-24)17-4-3-13(11-16(17)22)23-19(26)12-9-14(20)18(27-2)15(21)10-12/h3-4,9-11H,5-8,22H2,1-2H3,(H,23,26). The lowest BCUT2D eigenvalue weighted by Crippen LogP contribution is -2.44. The molecule has 27 heavy (non-hydrogen) atoms. The van der Waals surface area contributed by atoms with Crippen LogP contribution in [0, 0.1) is 0 Å². The van der Waals surface area contributed by atoms with Crippen molar-refractivity contribution in [1.82, 2.24) is 4.90 Å². The molecule has 2 aromatic carbocycles. The number of hydrogen-bond acceptors (Lipinski definition) is 5. The van der Waals surface area contributed by atoms with E-state index in [0.717, 1.165) is 31.9 Å². The fourth-order valence-corrected chi connectivity index (χ4v) is 3.70. The summed E-state index contributed by atoms with van der Waals surface area (Å²) in [4.78, 5) is 17.1. The molecule has 0 aromatic heterocycles. The van der Waals surface area contributed by atoms with Gasteiger partial charge in [0.25, 0.3) is 5.91 Å². The monoisotopic (exact) mass is 408 g/mol. The van der Waals surface area contributed by atoms with E-state index in [2.05, 4.69) is 22.2 Å². The Morgan fingerprint density at radius 3 is 2.30 bits per heavy atom. The van der Waals surface area contributed by atoms with Gasteiger partial charge in [0.15, 0.2) is 5.75 Å². The quantitative estimate of drug-likeness (QED) is 0.756. The van der Waals surface area contributed by atoms with Crippen LogP contribution in [-0.2, 0) is 0 Å². The number of nitrogens with zero attached hydrogens (tertiary/aromatic N) is 2. The molecule has 144 valence electrons. The Morgan fingerprint density at radius 2 is 1.74 bits per heavy atom. The van der Waals surface area contributed by atoms with Gasteiger partial charge in [-0.05, 0) is 37.4 Å². The Balaban J connectivity index is 1.74. The van der Waals surface area contributed by atoms with E-state index in [9.17, 15) is 4.79 Å². The van der Waals surface area contributed by atoms with Crippen LogP contribution >= 0.6 is 23.2 Å². The van der Waals surface area contributed by atoms with Gasteiger partial charge in [0.05, 0.1) is 28.5 Å². The summed E-state index contributed by atoms with van der Waals surface area (Å²) in [5.74, 6) is 0.0175. The van der Waals surface area contributed by atoms with Crippen LogP contribution in [0.25, 0.3) is 0 Å². The fourth-order valence-electron chi connectivity index (χ4n) is 3.06. The number of nitrogen functional groups attached to an aromatic ring is 1. The molecule has 8 heteroatoms. The summed E-state index contributed by atoms with van der Waals surface area (Å²) in [5.41, 5.74) is 8.78. The summed E-state index contributed by atoms with van der Waals surface area (Å²) in [6.07, 6.45) is 0. The van der Waals surface area contributed by atoms with E-state index in [4.69, 9.17) is 33.7 Å². The van der Waals surface area contributed by atoms with Crippen molar-refractivity contribution in [2.45, 2.75) is 0 Å². The van der Waals surface area contributed by atoms with Crippen LogP contribution in [0.5, 0.6) is 5.75 Å². The van der Waals surface area contributed by atoms with Crippen molar-refractivity contribution in [2.75, 3.05) is 56.3 Å². The number of piperazine rings is 1. The maximum Gasteiger partial charge on any atom is 0.255 e. The van der Waals surface area contributed by atoms with E-state index in [-0.39, 0.29) is 16.0 Å². The number of rotatable bonds is 4. The maximum atomic E-state index is 12.5. The van der Waals surface area contributed by atoms with E-state index in [1.54, 1.807) is 6.07 Å². The number of ether oxygens (including phenoxy) is 1. The summed E-state index contributed by atoms with van der Waals surface area (Å²) in [6, 6.07) is 8.57. The average molecular weight is 409 g/mol. The minimum Gasteiger partial charge on any atom is -0.494 e. The molecule has 0 aliphatic carbocycles. The van der Waals surface area contributed by atoms with Gasteiger partial charge in [-0.15, -0.1) is 0 Å². The first-order chi connectivity index (χ1) is 12.9. The van der Waals surface area contributed by atoms with Gasteiger partial charge >= 0.3 is 0 Å². The Bertz CT molecular complexity index is 829. The van der Waals surface area contributed by atoms with E-state index in [1.165, 1.54) is 19.2 Å².